The highest BCUT2D eigenvalue weighted by Gasteiger charge is 2.41. The van der Waals surface area contributed by atoms with Crippen LogP contribution < -0.4 is 0 Å². The van der Waals surface area contributed by atoms with E-state index in [1.165, 1.54) is 17.5 Å². The van der Waals surface area contributed by atoms with Gasteiger partial charge in [-0.3, -0.25) is 0 Å². The molecule has 0 spiro atoms. The standard InChI is InChI=1S/C16H13Br/c17-15-9-14-10-5-1-3-7-12(10)16(15)13-8-4-2-6-11(13)14/h1-8,14-16H,9H2. The summed E-state index contributed by atoms with van der Waals surface area (Å²) in [6.45, 7) is 0. The van der Waals surface area contributed by atoms with E-state index in [2.05, 4.69) is 64.5 Å². The Morgan fingerprint density at radius 3 is 1.76 bits per heavy atom. The topological polar surface area (TPSA) is 0 Å². The van der Waals surface area contributed by atoms with Crippen molar-refractivity contribution in [2.45, 2.75) is 23.1 Å². The van der Waals surface area contributed by atoms with Gasteiger partial charge in [0.25, 0.3) is 0 Å². The van der Waals surface area contributed by atoms with Gasteiger partial charge in [-0.2, -0.15) is 0 Å². The zero-order valence-corrected chi connectivity index (χ0v) is 11.0. The summed E-state index contributed by atoms with van der Waals surface area (Å²) in [5.74, 6) is 1.14. The molecule has 3 aliphatic rings. The molecule has 84 valence electrons. The van der Waals surface area contributed by atoms with Gasteiger partial charge in [0.2, 0.25) is 0 Å². The summed E-state index contributed by atoms with van der Waals surface area (Å²) >= 11 is 3.89. The number of hydrogen-bond acceptors (Lipinski definition) is 0. The summed E-state index contributed by atoms with van der Waals surface area (Å²) in [4.78, 5) is 0.595. The van der Waals surface area contributed by atoms with Gasteiger partial charge in [-0.25, -0.2) is 0 Å². The lowest BCUT2D eigenvalue weighted by molar-refractivity contribution is 0.540. The average molecular weight is 285 g/mol. The molecule has 1 unspecified atom stereocenters. The molecule has 0 aliphatic heterocycles. The van der Waals surface area contributed by atoms with Gasteiger partial charge in [-0.05, 0) is 28.7 Å². The van der Waals surface area contributed by atoms with Crippen LogP contribution in [0.3, 0.4) is 0 Å². The molecule has 0 radical (unpaired) electrons. The molecule has 0 N–H and O–H groups in total. The molecule has 2 aromatic carbocycles. The molecule has 0 nitrogen and oxygen atoms in total. The normalized spacial score (nSPS) is 28.6. The first kappa shape index (κ1) is 9.90. The van der Waals surface area contributed by atoms with Crippen LogP contribution in [0.15, 0.2) is 48.5 Å². The molecule has 0 fully saturated rings. The van der Waals surface area contributed by atoms with Crippen molar-refractivity contribution >= 4 is 15.9 Å². The van der Waals surface area contributed by atoms with Gasteiger partial charge < -0.3 is 0 Å². The molecule has 3 aliphatic carbocycles. The van der Waals surface area contributed by atoms with Gasteiger partial charge in [0.15, 0.2) is 0 Å². The largest absolute Gasteiger partial charge is 0.0880 e. The average Bonchev–Trinajstić information content (AvgIpc) is 2.39. The maximum absolute atomic E-state index is 3.89. The summed E-state index contributed by atoms with van der Waals surface area (Å²) in [5, 5.41) is 0. The highest BCUT2D eigenvalue weighted by Crippen LogP contribution is 2.54. The minimum absolute atomic E-state index is 0.549. The number of alkyl halides is 1. The molecule has 5 rings (SSSR count). The summed E-state index contributed by atoms with van der Waals surface area (Å²) in [6.07, 6.45) is 1.23. The molecule has 0 saturated heterocycles. The molecule has 1 heteroatoms. The Balaban J connectivity index is 2.04. The van der Waals surface area contributed by atoms with Crippen LogP contribution in [0.1, 0.15) is 40.5 Å². The van der Waals surface area contributed by atoms with Gasteiger partial charge in [-0.15, -0.1) is 0 Å². The van der Waals surface area contributed by atoms with E-state index in [4.69, 9.17) is 0 Å². The van der Waals surface area contributed by atoms with Gasteiger partial charge in [-0.1, -0.05) is 64.5 Å². The number of halogens is 1. The first-order valence-electron chi connectivity index (χ1n) is 6.18. The van der Waals surface area contributed by atoms with Crippen LogP contribution in [0.4, 0.5) is 0 Å². The molecule has 1 atom stereocenters. The van der Waals surface area contributed by atoms with E-state index in [0.29, 0.717) is 16.7 Å². The van der Waals surface area contributed by atoms with E-state index in [-0.39, 0.29) is 0 Å². The van der Waals surface area contributed by atoms with Crippen molar-refractivity contribution in [1.82, 2.24) is 0 Å². The second-order valence-electron chi connectivity index (χ2n) is 5.04. The first-order valence-corrected chi connectivity index (χ1v) is 7.09. The molecule has 0 amide bonds. The third-order valence-electron chi connectivity index (χ3n) is 4.24. The zero-order chi connectivity index (χ0) is 11.4. The zero-order valence-electron chi connectivity index (χ0n) is 9.44. The second-order valence-corrected chi connectivity index (χ2v) is 6.22. The summed E-state index contributed by atoms with van der Waals surface area (Å²) in [6, 6.07) is 17.9. The molecular formula is C16H13Br. The summed E-state index contributed by atoms with van der Waals surface area (Å²) < 4.78 is 0. The minimum Gasteiger partial charge on any atom is -0.0880 e. The third kappa shape index (κ3) is 1.23. The fraction of sp³-hybridized carbons (Fsp3) is 0.250. The van der Waals surface area contributed by atoms with E-state index < -0.39 is 0 Å². The highest BCUT2D eigenvalue weighted by atomic mass is 79.9. The van der Waals surface area contributed by atoms with Gasteiger partial charge >= 0.3 is 0 Å². The van der Waals surface area contributed by atoms with Crippen LogP contribution >= 0.6 is 15.9 Å². The van der Waals surface area contributed by atoms with Crippen LogP contribution in [-0.2, 0) is 0 Å². The van der Waals surface area contributed by atoms with Crippen LogP contribution in [0, 0.1) is 0 Å². The van der Waals surface area contributed by atoms with Crippen molar-refractivity contribution < 1.29 is 0 Å². The Bertz CT molecular complexity index is 540. The van der Waals surface area contributed by atoms with Crippen molar-refractivity contribution in [2.24, 2.45) is 0 Å². The summed E-state index contributed by atoms with van der Waals surface area (Å²) in [5.41, 5.74) is 6.16. The van der Waals surface area contributed by atoms with E-state index >= 15 is 0 Å². The SMILES string of the molecule is BrC1CC2c3ccccc3C1c1ccccc12. The predicted octanol–water partition coefficient (Wildman–Crippen LogP) is 4.43. The predicted molar refractivity (Wildman–Crippen MR) is 73.9 cm³/mol. The van der Waals surface area contributed by atoms with Crippen LogP contribution in [0.25, 0.3) is 0 Å². The first-order chi connectivity index (χ1) is 8.36. The Labute approximate surface area is 110 Å². The Hall–Kier alpha value is -1.08. The Morgan fingerprint density at radius 1 is 0.765 bits per heavy atom. The van der Waals surface area contributed by atoms with Crippen LogP contribution in [-0.4, -0.2) is 4.83 Å². The van der Waals surface area contributed by atoms with Gasteiger partial charge in [0.1, 0.15) is 0 Å². The Morgan fingerprint density at radius 2 is 1.24 bits per heavy atom. The highest BCUT2D eigenvalue weighted by molar-refractivity contribution is 9.09. The van der Waals surface area contributed by atoms with E-state index in [0.717, 1.165) is 0 Å². The maximum atomic E-state index is 3.89. The van der Waals surface area contributed by atoms with Crippen molar-refractivity contribution in [2.75, 3.05) is 0 Å². The van der Waals surface area contributed by atoms with E-state index in [9.17, 15) is 0 Å². The van der Waals surface area contributed by atoms with Crippen molar-refractivity contribution in [3.63, 3.8) is 0 Å². The molecule has 0 saturated carbocycles. The van der Waals surface area contributed by atoms with Gasteiger partial charge in [0.05, 0.1) is 0 Å². The van der Waals surface area contributed by atoms with Crippen LogP contribution in [0.2, 0.25) is 0 Å². The number of rotatable bonds is 0. The van der Waals surface area contributed by atoms with Crippen molar-refractivity contribution in [3.8, 4) is 0 Å². The lowest BCUT2D eigenvalue weighted by Gasteiger charge is -2.43. The fourth-order valence-corrected chi connectivity index (χ4v) is 4.51. The molecule has 17 heavy (non-hydrogen) atoms. The number of fused-ring (bicyclic) bond motifs is 1. The van der Waals surface area contributed by atoms with Crippen molar-refractivity contribution in [3.05, 3.63) is 70.8 Å². The lowest BCUT2D eigenvalue weighted by atomic mass is 9.64. The minimum atomic E-state index is 0.549. The van der Waals surface area contributed by atoms with E-state index in [1.54, 1.807) is 11.1 Å². The van der Waals surface area contributed by atoms with E-state index in [1.807, 2.05) is 0 Å². The summed E-state index contributed by atoms with van der Waals surface area (Å²) in [7, 11) is 0. The lowest BCUT2D eigenvalue weighted by Crippen LogP contribution is -2.32. The maximum Gasteiger partial charge on any atom is 0.0264 e. The quantitative estimate of drug-likeness (QED) is 0.628. The third-order valence-corrected chi connectivity index (χ3v) is 5.14. The number of benzene rings is 2. The number of hydrogen-bond donors (Lipinski definition) is 0. The smallest absolute Gasteiger partial charge is 0.0264 e. The van der Waals surface area contributed by atoms with Crippen LogP contribution in [0.5, 0.6) is 0 Å². The fourth-order valence-electron chi connectivity index (χ4n) is 3.56. The molecule has 2 aromatic rings. The molecule has 0 heterocycles. The Kier molecular flexibility index (Phi) is 2.01. The molecular weight excluding hydrogens is 272 g/mol. The monoisotopic (exact) mass is 284 g/mol. The molecule has 0 aromatic heterocycles. The molecule has 2 bridgehead atoms. The van der Waals surface area contributed by atoms with Gasteiger partial charge in [0, 0.05) is 16.7 Å². The second kappa shape index (κ2) is 3.46. The van der Waals surface area contributed by atoms with Crippen molar-refractivity contribution in [1.29, 1.82) is 0 Å².